The first-order valence-electron chi connectivity index (χ1n) is 8.23. The van der Waals surface area contributed by atoms with Crippen LogP contribution in [-0.2, 0) is 6.54 Å². The Morgan fingerprint density at radius 2 is 1.88 bits per heavy atom. The number of carbonyl (C=O) groups excluding carboxylic acids is 1. The van der Waals surface area contributed by atoms with Crippen molar-refractivity contribution < 1.29 is 14.3 Å². The maximum atomic E-state index is 11.5. The Kier molecular flexibility index (Phi) is 4.74. The predicted molar refractivity (Wildman–Crippen MR) is 97.7 cm³/mol. The molecule has 5 nitrogen and oxygen atoms in total. The maximum absolute atomic E-state index is 11.5. The first-order chi connectivity index (χ1) is 12.0. The van der Waals surface area contributed by atoms with Crippen LogP contribution in [0.15, 0.2) is 36.7 Å². The highest BCUT2D eigenvalue weighted by atomic mass is 16.5. The first-order valence-corrected chi connectivity index (χ1v) is 8.23. The van der Waals surface area contributed by atoms with Gasteiger partial charge in [-0.1, -0.05) is 0 Å². The Balaban J connectivity index is 1.73. The number of aromatic nitrogens is 2. The molecule has 0 N–H and O–H groups in total. The summed E-state index contributed by atoms with van der Waals surface area (Å²) < 4.78 is 13.3. The summed E-state index contributed by atoms with van der Waals surface area (Å²) in [5.74, 6) is 1.19. The molecule has 0 aliphatic carbocycles. The lowest BCUT2D eigenvalue weighted by Crippen LogP contribution is -2.08. The Morgan fingerprint density at radius 1 is 1.12 bits per heavy atom. The van der Waals surface area contributed by atoms with E-state index in [4.69, 9.17) is 9.47 Å². The first kappa shape index (κ1) is 17.0. The van der Waals surface area contributed by atoms with Crippen LogP contribution < -0.4 is 9.47 Å². The molecule has 0 fully saturated rings. The van der Waals surface area contributed by atoms with E-state index in [1.165, 1.54) is 18.1 Å². The molecule has 3 rings (SSSR count). The number of hydrogen-bond donors (Lipinski definition) is 0. The van der Waals surface area contributed by atoms with E-state index < -0.39 is 0 Å². The van der Waals surface area contributed by atoms with Gasteiger partial charge in [-0.15, -0.1) is 0 Å². The van der Waals surface area contributed by atoms with Crippen molar-refractivity contribution in [2.24, 2.45) is 0 Å². The predicted octanol–water partition coefficient (Wildman–Crippen LogP) is 3.94. The van der Waals surface area contributed by atoms with E-state index in [1.54, 1.807) is 25.3 Å². The summed E-state index contributed by atoms with van der Waals surface area (Å²) in [6.45, 7) is 6.88. The van der Waals surface area contributed by atoms with Crippen LogP contribution in [0, 0.1) is 13.8 Å². The Morgan fingerprint density at radius 3 is 2.60 bits per heavy atom. The Bertz CT molecular complexity index is 928. The molecule has 0 bridgehead atoms. The minimum absolute atomic E-state index is 0.000369. The molecule has 0 unspecified atom stereocenters. The summed E-state index contributed by atoms with van der Waals surface area (Å²) >= 11 is 0. The van der Waals surface area contributed by atoms with Crippen molar-refractivity contribution in [3.8, 4) is 11.5 Å². The normalized spacial score (nSPS) is 10.9. The van der Waals surface area contributed by atoms with Crippen LogP contribution in [0.3, 0.4) is 0 Å². The number of nitrogens with zero attached hydrogens (tertiary/aromatic N) is 2. The molecule has 0 atom stereocenters. The van der Waals surface area contributed by atoms with Gasteiger partial charge in [0.2, 0.25) is 0 Å². The molecule has 0 aliphatic rings. The molecule has 3 aromatic rings. The van der Waals surface area contributed by atoms with Crippen LogP contribution >= 0.6 is 0 Å². The number of Topliss-reactive ketones (excluding diaryl/α,β-unsaturated/α-hetero) is 1. The van der Waals surface area contributed by atoms with Crippen molar-refractivity contribution in [1.29, 1.82) is 0 Å². The smallest absolute Gasteiger partial charge is 0.161 e. The average molecular weight is 338 g/mol. The zero-order chi connectivity index (χ0) is 18.0. The van der Waals surface area contributed by atoms with Crippen molar-refractivity contribution >= 4 is 16.8 Å². The van der Waals surface area contributed by atoms with Crippen LogP contribution in [0.25, 0.3) is 11.0 Å². The number of rotatable bonds is 6. The zero-order valence-corrected chi connectivity index (χ0v) is 15.0. The van der Waals surface area contributed by atoms with Gasteiger partial charge in [-0.3, -0.25) is 4.79 Å². The molecule has 5 heteroatoms. The van der Waals surface area contributed by atoms with Crippen LogP contribution in [0.4, 0.5) is 0 Å². The van der Waals surface area contributed by atoms with Gasteiger partial charge in [-0.25, -0.2) is 4.98 Å². The quantitative estimate of drug-likeness (QED) is 0.639. The standard InChI is InChI=1S/C20H22N2O3/c1-13-9-17-18(10-14(13)2)22(12-21-17)7-8-25-19-6-5-16(15(3)23)11-20(19)24-4/h5-6,9-12H,7-8H2,1-4H3. The molecule has 0 spiro atoms. The minimum atomic E-state index is 0.000369. The lowest BCUT2D eigenvalue weighted by atomic mass is 10.1. The summed E-state index contributed by atoms with van der Waals surface area (Å²) in [4.78, 5) is 15.9. The molecule has 0 radical (unpaired) electrons. The van der Waals surface area contributed by atoms with E-state index in [-0.39, 0.29) is 5.78 Å². The lowest BCUT2D eigenvalue weighted by Gasteiger charge is -2.12. The fourth-order valence-electron chi connectivity index (χ4n) is 2.75. The van der Waals surface area contributed by atoms with E-state index in [0.717, 1.165) is 11.0 Å². The number of methoxy groups -OCH3 is 1. The van der Waals surface area contributed by atoms with Gasteiger partial charge >= 0.3 is 0 Å². The largest absolute Gasteiger partial charge is 0.493 e. The second-order valence-electron chi connectivity index (χ2n) is 6.13. The molecular formula is C20H22N2O3. The second kappa shape index (κ2) is 6.97. The number of aryl methyl sites for hydroxylation is 2. The molecule has 2 aromatic carbocycles. The lowest BCUT2D eigenvalue weighted by molar-refractivity contribution is 0.101. The summed E-state index contributed by atoms with van der Waals surface area (Å²) in [5, 5.41) is 0. The van der Waals surface area contributed by atoms with Gasteiger partial charge in [-0.2, -0.15) is 0 Å². The zero-order valence-electron chi connectivity index (χ0n) is 15.0. The summed E-state index contributed by atoms with van der Waals surface area (Å²) in [6, 6.07) is 9.48. The van der Waals surface area contributed by atoms with Crippen molar-refractivity contribution in [2.75, 3.05) is 13.7 Å². The molecule has 25 heavy (non-hydrogen) atoms. The van der Waals surface area contributed by atoms with E-state index in [1.807, 2.05) is 6.33 Å². The SMILES string of the molecule is COc1cc(C(C)=O)ccc1OCCn1cnc2cc(C)c(C)cc21. The van der Waals surface area contributed by atoms with Gasteiger partial charge < -0.3 is 14.0 Å². The topological polar surface area (TPSA) is 53.4 Å². The van der Waals surface area contributed by atoms with Crippen molar-refractivity contribution in [1.82, 2.24) is 9.55 Å². The van der Waals surface area contributed by atoms with E-state index in [2.05, 4.69) is 35.5 Å². The summed E-state index contributed by atoms with van der Waals surface area (Å²) in [6.07, 6.45) is 1.84. The monoisotopic (exact) mass is 338 g/mol. The highest BCUT2D eigenvalue weighted by molar-refractivity contribution is 5.94. The number of carbonyl (C=O) groups is 1. The average Bonchev–Trinajstić information content (AvgIpc) is 2.97. The fraction of sp³-hybridized carbons (Fsp3) is 0.300. The number of imidazole rings is 1. The van der Waals surface area contributed by atoms with Gasteiger partial charge in [-0.05, 0) is 62.2 Å². The minimum Gasteiger partial charge on any atom is -0.493 e. The summed E-state index contributed by atoms with van der Waals surface area (Å²) in [7, 11) is 1.57. The second-order valence-corrected chi connectivity index (χ2v) is 6.13. The number of ketones is 1. The maximum Gasteiger partial charge on any atom is 0.161 e. The van der Waals surface area contributed by atoms with E-state index in [9.17, 15) is 4.79 Å². The third-order valence-electron chi connectivity index (χ3n) is 4.40. The van der Waals surface area contributed by atoms with E-state index in [0.29, 0.717) is 30.2 Å². The highest BCUT2D eigenvalue weighted by Crippen LogP contribution is 2.28. The molecular weight excluding hydrogens is 316 g/mol. The fourth-order valence-corrected chi connectivity index (χ4v) is 2.75. The number of ether oxygens (including phenoxy) is 2. The van der Waals surface area contributed by atoms with Gasteiger partial charge in [0.1, 0.15) is 6.61 Å². The van der Waals surface area contributed by atoms with Crippen molar-refractivity contribution in [2.45, 2.75) is 27.3 Å². The third-order valence-corrected chi connectivity index (χ3v) is 4.40. The van der Waals surface area contributed by atoms with Crippen LogP contribution in [0.1, 0.15) is 28.4 Å². The molecule has 0 amide bonds. The van der Waals surface area contributed by atoms with Crippen LogP contribution in [-0.4, -0.2) is 29.1 Å². The molecule has 0 saturated carbocycles. The van der Waals surface area contributed by atoms with Gasteiger partial charge in [0.25, 0.3) is 0 Å². The van der Waals surface area contributed by atoms with Crippen LogP contribution in [0.2, 0.25) is 0 Å². The Labute approximate surface area is 147 Å². The van der Waals surface area contributed by atoms with Gasteiger partial charge in [0, 0.05) is 5.56 Å². The third kappa shape index (κ3) is 3.50. The number of hydrogen-bond acceptors (Lipinski definition) is 4. The number of benzene rings is 2. The van der Waals surface area contributed by atoms with Gasteiger partial charge in [0.05, 0.1) is 31.0 Å². The molecule has 0 saturated heterocycles. The molecule has 130 valence electrons. The molecule has 1 aromatic heterocycles. The van der Waals surface area contributed by atoms with Crippen LogP contribution in [0.5, 0.6) is 11.5 Å². The van der Waals surface area contributed by atoms with Crippen molar-refractivity contribution in [3.63, 3.8) is 0 Å². The van der Waals surface area contributed by atoms with E-state index >= 15 is 0 Å². The van der Waals surface area contributed by atoms with Gasteiger partial charge in [0.15, 0.2) is 17.3 Å². The van der Waals surface area contributed by atoms with Crippen molar-refractivity contribution in [3.05, 3.63) is 53.3 Å². The molecule has 1 heterocycles. The highest BCUT2D eigenvalue weighted by Gasteiger charge is 2.09. The Hall–Kier alpha value is -2.82. The molecule has 0 aliphatic heterocycles. The number of fused-ring (bicyclic) bond motifs is 1. The summed E-state index contributed by atoms with van der Waals surface area (Å²) in [5.41, 5.74) is 5.19.